The lowest BCUT2D eigenvalue weighted by molar-refractivity contribution is -0.390. The standard InChI is InChI=1S/C11H15FN2O5S/c1-3-19-8-7-13(2)20(17,18)10-6-4-5-9(12)11(10)14(15)16/h4-6H,3,7-8H2,1-2H3. The number of hydrogen-bond acceptors (Lipinski definition) is 5. The van der Waals surface area contributed by atoms with Crippen LogP contribution in [0.5, 0.6) is 0 Å². The first-order valence-corrected chi connectivity index (χ1v) is 7.23. The van der Waals surface area contributed by atoms with Crippen LogP contribution in [-0.4, -0.2) is 44.5 Å². The van der Waals surface area contributed by atoms with Crippen molar-refractivity contribution >= 4 is 15.7 Å². The van der Waals surface area contributed by atoms with Gasteiger partial charge in [0.05, 0.1) is 11.5 Å². The maximum atomic E-state index is 13.5. The molecule has 0 aromatic heterocycles. The fourth-order valence-electron chi connectivity index (χ4n) is 1.51. The Bertz CT molecular complexity index is 590. The van der Waals surface area contributed by atoms with Crippen LogP contribution >= 0.6 is 0 Å². The van der Waals surface area contributed by atoms with E-state index in [1.807, 2.05) is 0 Å². The number of hydrogen-bond donors (Lipinski definition) is 0. The Morgan fingerprint density at radius 1 is 1.45 bits per heavy atom. The summed E-state index contributed by atoms with van der Waals surface area (Å²) in [4.78, 5) is 9.12. The van der Waals surface area contributed by atoms with E-state index in [1.54, 1.807) is 6.92 Å². The highest BCUT2D eigenvalue weighted by molar-refractivity contribution is 7.89. The van der Waals surface area contributed by atoms with Crippen molar-refractivity contribution in [1.29, 1.82) is 0 Å². The van der Waals surface area contributed by atoms with Gasteiger partial charge in [-0.1, -0.05) is 6.07 Å². The van der Waals surface area contributed by atoms with Crippen molar-refractivity contribution < 1.29 is 22.5 Å². The number of ether oxygens (including phenoxy) is 1. The number of benzene rings is 1. The van der Waals surface area contributed by atoms with Crippen molar-refractivity contribution in [3.63, 3.8) is 0 Å². The van der Waals surface area contributed by atoms with Gasteiger partial charge in [-0.05, 0) is 19.1 Å². The Kier molecular flexibility index (Phi) is 5.54. The van der Waals surface area contributed by atoms with Crippen LogP contribution in [0.1, 0.15) is 6.92 Å². The summed E-state index contributed by atoms with van der Waals surface area (Å²) in [6.45, 7) is 2.35. The molecule has 0 aliphatic heterocycles. The third kappa shape index (κ3) is 3.50. The summed E-state index contributed by atoms with van der Waals surface area (Å²) in [5.74, 6) is -1.19. The lowest BCUT2D eigenvalue weighted by atomic mass is 10.3. The van der Waals surface area contributed by atoms with E-state index >= 15 is 0 Å². The molecule has 0 bridgehead atoms. The monoisotopic (exact) mass is 306 g/mol. The molecular weight excluding hydrogens is 291 g/mol. The van der Waals surface area contributed by atoms with Gasteiger partial charge in [0.1, 0.15) is 0 Å². The Labute approximate surface area is 116 Å². The van der Waals surface area contributed by atoms with Crippen LogP contribution in [0.25, 0.3) is 0 Å². The molecule has 20 heavy (non-hydrogen) atoms. The number of rotatable bonds is 7. The normalized spacial score (nSPS) is 11.8. The van der Waals surface area contributed by atoms with Crippen LogP contribution in [-0.2, 0) is 14.8 Å². The van der Waals surface area contributed by atoms with Gasteiger partial charge in [-0.2, -0.15) is 8.70 Å². The Morgan fingerprint density at radius 2 is 2.10 bits per heavy atom. The third-order valence-corrected chi connectivity index (χ3v) is 4.46. The largest absolute Gasteiger partial charge is 0.380 e. The van der Waals surface area contributed by atoms with Crippen molar-refractivity contribution in [2.24, 2.45) is 0 Å². The molecule has 0 heterocycles. The van der Waals surface area contributed by atoms with Crippen LogP contribution in [0.15, 0.2) is 23.1 Å². The number of nitro groups is 1. The van der Waals surface area contributed by atoms with E-state index in [-0.39, 0.29) is 13.2 Å². The van der Waals surface area contributed by atoms with Crippen LogP contribution in [0.3, 0.4) is 0 Å². The van der Waals surface area contributed by atoms with Gasteiger partial charge in [0.15, 0.2) is 4.90 Å². The van der Waals surface area contributed by atoms with Gasteiger partial charge in [0, 0.05) is 20.2 Å². The third-order valence-electron chi connectivity index (χ3n) is 2.58. The highest BCUT2D eigenvalue weighted by Gasteiger charge is 2.32. The second-order valence-electron chi connectivity index (χ2n) is 3.87. The Balaban J connectivity index is 3.16. The highest BCUT2D eigenvalue weighted by Crippen LogP contribution is 2.28. The molecule has 0 atom stereocenters. The average Bonchev–Trinajstić information content (AvgIpc) is 2.38. The van der Waals surface area contributed by atoms with Gasteiger partial charge in [0.2, 0.25) is 15.8 Å². The first-order valence-electron chi connectivity index (χ1n) is 5.79. The molecule has 1 rings (SSSR count). The number of nitrogens with zero attached hydrogens (tertiary/aromatic N) is 2. The predicted molar refractivity (Wildman–Crippen MR) is 69.4 cm³/mol. The summed E-state index contributed by atoms with van der Waals surface area (Å²) < 4.78 is 43.8. The fraction of sp³-hybridized carbons (Fsp3) is 0.455. The number of para-hydroxylation sites is 1. The minimum Gasteiger partial charge on any atom is -0.380 e. The van der Waals surface area contributed by atoms with Gasteiger partial charge in [-0.3, -0.25) is 10.1 Å². The summed E-state index contributed by atoms with van der Waals surface area (Å²) >= 11 is 0. The minimum absolute atomic E-state index is 0.0177. The van der Waals surface area contributed by atoms with Gasteiger partial charge in [0.25, 0.3) is 0 Å². The molecule has 0 amide bonds. The fourth-order valence-corrected chi connectivity index (χ4v) is 2.82. The summed E-state index contributed by atoms with van der Waals surface area (Å²) in [5, 5.41) is 10.8. The lowest BCUT2D eigenvalue weighted by Gasteiger charge is -2.17. The molecule has 9 heteroatoms. The van der Waals surface area contributed by atoms with Gasteiger partial charge in [-0.25, -0.2) is 8.42 Å². The Hall–Kier alpha value is -1.58. The quantitative estimate of drug-likeness (QED) is 0.431. The maximum Gasteiger partial charge on any atom is 0.324 e. The topological polar surface area (TPSA) is 89.8 Å². The van der Waals surface area contributed by atoms with Crippen LogP contribution in [0.4, 0.5) is 10.1 Å². The highest BCUT2D eigenvalue weighted by atomic mass is 32.2. The van der Waals surface area contributed by atoms with E-state index in [2.05, 4.69) is 0 Å². The molecule has 0 fully saturated rings. The van der Waals surface area contributed by atoms with Crippen molar-refractivity contribution in [1.82, 2.24) is 4.31 Å². The molecule has 0 N–H and O–H groups in total. The SMILES string of the molecule is CCOCCN(C)S(=O)(=O)c1cccc(F)c1[N+](=O)[O-]. The van der Waals surface area contributed by atoms with Crippen LogP contribution < -0.4 is 0 Å². The second kappa shape index (κ2) is 6.73. The molecule has 7 nitrogen and oxygen atoms in total. The predicted octanol–water partition coefficient (Wildman–Crippen LogP) is 1.39. The summed E-state index contributed by atoms with van der Waals surface area (Å²) in [5.41, 5.74) is -1.05. The van der Waals surface area contributed by atoms with E-state index in [0.717, 1.165) is 22.5 Å². The Morgan fingerprint density at radius 3 is 2.65 bits per heavy atom. The minimum atomic E-state index is -4.15. The molecular formula is C11H15FN2O5S. The van der Waals surface area contributed by atoms with E-state index in [0.29, 0.717) is 6.61 Å². The first kappa shape index (κ1) is 16.5. The first-order chi connectivity index (χ1) is 9.32. The van der Waals surface area contributed by atoms with Crippen LogP contribution in [0, 0.1) is 15.9 Å². The van der Waals surface area contributed by atoms with Gasteiger partial charge in [-0.15, -0.1) is 0 Å². The van der Waals surface area contributed by atoms with Crippen molar-refractivity contribution in [2.45, 2.75) is 11.8 Å². The van der Waals surface area contributed by atoms with E-state index in [9.17, 15) is 22.9 Å². The smallest absolute Gasteiger partial charge is 0.324 e. The molecule has 0 spiro atoms. The molecule has 1 aromatic rings. The molecule has 112 valence electrons. The summed E-state index contributed by atoms with van der Waals surface area (Å²) in [6.07, 6.45) is 0. The maximum absolute atomic E-state index is 13.5. The number of sulfonamides is 1. The molecule has 0 aliphatic carbocycles. The van der Waals surface area contributed by atoms with E-state index in [4.69, 9.17) is 4.74 Å². The average molecular weight is 306 g/mol. The van der Waals surface area contributed by atoms with Crippen molar-refractivity contribution in [2.75, 3.05) is 26.8 Å². The molecule has 0 unspecified atom stereocenters. The van der Waals surface area contributed by atoms with E-state index < -0.39 is 31.3 Å². The molecule has 0 aliphatic rings. The van der Waals surface area contributed by atoms with Crippen molar-refractivity contribution in [3.05, 3.63) is 34.1 Å². The number of nitro benzene ring substituents is 1. The van der Waals surface area contributed by atoms with Gasteiger partial charge < -0.3 is 4.74 Å². The zero-order valence-electron chi connectivity index (χ0n) is 11.1. The summed E-state index contributed by atoms with van der Waals surface area (Å²) in [6, 6.07) is 2.97. The van der Waals surface area contributed by atoms with E-state index in [1.165, 1.54) is 7.05 Å². The number of likely N-dealkylation sites (N-methyl/N-ethyl adjacent to an activating group) is 1. The lowest BCUT2D eigenvalue weighted by Crippen LogP contribution is -2.31. The van der Waals surface area contributed by atoms with Gasteiger partial charge >= 0.3 is 5.69 Å². The zero-order chi connectivity index (χ0) is 15.3. The second-order valence-corrected chi connectivity index (χ2v) is 5.88. The molecule has 0 saturated heterocycles. The molecule has 0 saturated carbocycles. The van der Waals surface area contributed by atoms with Crippen molar-refractivity contribution in [3.8, 4) is 0 Å². The summed E-state index contributed by atoms with van der Waals surface area (Å²) in [7, 11) is -2.89. The van der Waals surface area contributed by atoms with Crippen LogP contribution in [0.2, 0.25) is 0 Å². The molecule has 0 radical (unpaired) electrons. The molecule has 1 aromatic carbocycles. The zero-order valence-corrected chi connectivity index (χ0v) is 11.9. The number of halogens is 1.